The fourth-order valence-electron chi connectivity index (χ4n) is 2.32. The maximum absolute atomic E-state index is 10.9. The molecule has 27 heavy (non-hydrogen) atoms. The van der Waals surface area contributed by atoms with Gasteiger partial charge in [-0.2, -0.15) is 0 Å². The third kappa shape index (κ3) is 5.19. The van der Waals surface area contributed by atoms with Crippen LogP contribution in [0.5, 0.6) is 0 Å². The van der Waals surface area contributed by atoms with Gasteiger partial charge >= 0.3 is 0 Å². The highest BCUT2D eigenvalue weighted by Gasteiger charge is 2.33. The summed E-state index contributed by atoms with van der Waals surface area (Å²) < 4.78 is 11.0. The van der Waals surface area contributed by atoms with Crippen LogP contribution in [0.25, 0.3) is 0 Å². The van der Waals surface area contributed by atoms with E-state index in [1.807, 2.05) is 6.92 Å². The zero-order chi connectivity index (χ0) is 20.4. The van der Waals surface area contributed by atoms with E-state index in [0.717, 1.165) is 5.56 Å². The van der Waals surface area contributed by atoms with Gasteiger partial charge in [-0.1, -0.05) is 46.4 Å². The molecule has 0 spiro atoms. The predicted octanol–water partition coefficient (Wildman–Crippen LogP) is 5.57. The Bertz CT molecular complexity index is 822. The van der Waals surface area contributed by atoms with Crippen molar-refractivity contribution in [3.05, 3.63) is 55.5 Å². The predicted molar refractivity (Wildman–Crippen MR) is 111 cm³/mol. The molecule has 0 saturated carbocycles. The lowest BCUT2D eigenvalue weighted by Crippen LogP contribution is -2.22. The van der Waals surface area contributed by atoms with Crippen molar-refractivity contribution in [3.8, 4) is 0 Å². The standard InChI is InChI=1S/C10H11Cl2NO2.C8H7Cl2NO/c1-10(14-2-3-15-10)6-4-7(11)9(13)8(12)5-6;1-4(12)5-2-6(9)8(11)7(10)3-5/h4-5H,2-3,13H2,1H3;2-3H,11H2,1H3. The van der Waals surface area contributed by atoms with E-state index in [0.29, 0.717) is 50.2 Å². The number of carbonyl (C=O) groups excluding carboxylic acids is 1. The summed E-state index contributed by atoms with van der Waals surface area (Å²) in [4.78, 5) is 10.9. The monoisotopic (exact) mass is 450 g/mol. The van der Waals surface area contributed by atoms with Gasteiger partial charge in [-0.3, -0.25) is 4.79 Å². The van der Waals surface area contributed by atoms with Crippen LogP contribution >= 0.6 is 46.4 Å². The third-order valence-corrected chi connectivity index (χ3v) is 5.18. The van der Waals surface area contributed by atoms with Crippen molar-refractivity contribution in [1.82, 2.24) is 0 Å². The Kier molecular flexibility index (Phi) is 7.25. The van der Waals surface area contributed by atoms with E-state index in [-0.39, 0.29) is 5.78 Å². The van der Waals surface area contributed by atoms with E-state index < -0.39 is 5.79 Å². The van der Waals surface area contributed by atoms with Crippen molar-refractivity contribution >= 4 is 63.6 Å². The van der Waals surface area contributed by atoms with Gasteiger partial charge in [-0.15, -0.1) is 0 Å². The van der Waals surface area contributed by atoms with Crippen LogP contribution in [-0.4, -0.2) is 19.0 Å². The molecule has 0 atom stereocenters. The molecule has 3 rings (SSSR count). The molecule has 146 valence electrons. The van der Waals surface area contributed by atoms with Gasteiger partial charge in [0.2, 0.25) is 0 Å². The SMILES string of the molecule is CC(=O)c1cc(Cl)c(N)c(Cl)c1.CC1(c2cc(Cl)c(N)c(Cl)c2)OCCO1. The van der Waals surface area contributed by atoms with Crippen LogP contribution in [0.2, 0.25) is 20.1 Å². The lowest BCUT2D eigenvalue weighted by molar-refractivity contribution is -0.149. The summed E-state index contributed by atoms with van der Waals surface area (Å²) in [7, 11) is 0. The van der Waals surface area contributed by atoms with E-state index in [4.69, 9.17) is 67.3 Å². The van der Waals surface area contributed by atoms with Crippen LogP contribution in [0.4, 0.5) is 11.4 Å². The molecule has 1 saturated heterocycles. The summed E-state index contributed by atoms with van der Waals surface area (Å²) >= 11 is 23.3. The molecule has 1 heterocycles. The lowest BCUT2D eigenvalue weighted by atomic mass is 10.1. The van der Waals surface area contributed by atoms with Crippen LogP contribution < -0.4 is 11.5 Å². The van der Waals surface area contributed by atoms with Gasteiger partial charge in [0.15, 0.2) is 11.6 Å². The summed E-state index contributed by atoms with van der Waals surface area (Å²) in [5.41, 5.74) is 13.1. The van der Waals surface area contributed by atoms with Gasteiger partial charge in [0.1, 0.15) is 0 Å². The van der Waals surface area contributed by atoms with E-state index >= 15 is 0 Å². The first-order valence-electron chi connectivity index (χ1n) is 7.83. The molecule has 9 heteroatoms. The first-order valence-corrected chi connectivity index (χ1v) is 9.34. The largest absolute Gasteiger partial charge is 0.396 e. The zero-order valence-electron chi connectivity index (χ0n) is 14.6. The lowest BCUT2D eigenvalue weighted by Gasteiger charge is -2.23. The third-order valence-electron chi connectivity index (χ3n) is 3.93. The Morgan fingerprint density at radius 3 is 1.63 bits per heavy atom. The number of ketones is 1. The fraction of sp³-hybridized carbons (Fsp3) is 0.278. The van der Waals surface area contributed by atoms with E-state index in [9.17, 15) is 4.79 Å². The molecule has 4 N–H and O–H groups in total. The van der Waals surface area contributed by atoms with Crippen LogP contribution in [-0.2, 0) is 15.3 Å². The maximum Gasteiger partial charge on any atom is 0.192 e. The minimum atomic E-state index is -0.763. The Labute approximate surface area is 177 Å². The van der Waals surface area contributed by atoms with Crippen molar-refractivity contribution < 1.29 is 14.3 Å². The van der Waals surface area contributed by atoms with Gasteiger partial charge in [0, 0.05) is 11.1 Å². The average Bonchev–Trinajstić information content (AvgIpc) is 3.05. The molecular formula is C18H18Cl4N2O3. The van der Waals surface area contributed by atoms with Crippen molar-refractivity contribution in [2.75, 3.05) is 24.7 Å². The summed E-state index contributed by atoms with van der Waals surface area (Å²) in [6, 6.07) is 6.44. The minimum absolute atomic E-state index is 0.0844. The quantitative estimate of drug-likeness (QED) is 0.460. The van der Waals surface area contributed by atoms with Crippen LogP contribution in [0, 0.1) is 0 Å². The molecule has 0 bridgehead atoms. The minimum Gasteiger partial charge on any atom is -0.396 e. The molecule has 0 unspecified atom stereocenters. The first kappa shape index (κ1) is 22.1. The molecule has 1 aliphatic heterocycles. The molecule has 0 aliphatic carbocycles. The Hall–Kier alpha value is -1.21. The van der Waals surface area contributed by atoms with Crippen LogP contribution in [0.15, 0.2) is 24.3 Å². The van der Waals surface area contributed by atoms with Crippen molar-refractivity contribution in [2.45, 2.75) is 19.6 Å². The molecule has 0 radical (unpaired) electrons. The highest BCUT2D eigenvalue weighted by atomic mass is 35.5. The van der Waals surface area contributed by atoms with Crippen molar-refractivity contribution in [1.29, 1.82) is 0 Å². The number of Topliss-reactive ketones (excluding diaryl/α,β-unsaturated/α-hetero) is 1. The van der Waals surface area contributed by atoms with Crippen LogP contribution in [0.3, 0.4) is 0 Å². The molecule has 2 aromatic carbocycles. The highest BCUT2D eigenvalue weighted by Crippen LogP contribution is 2.37. The van der Waals surface area contributed by atoms with E-state index in [2.05, 4.69) is 0 Å². The summed E-state index contributed by atoms with van der Waals surface area (Å²) in [6.07, 6.45) is 0. The molecule has 5 nitrogen and oxygen atoms in total. The second kappa shape index (κ2) is 8.86. The number of hydrogen-bond donors (Lipinski definition) is 2. The first-order chi connectivity index (χ1) is 12.5. The number of halogens is 4. The number of benzene rings is 2. The summed E-state index contributed by atoms with van der Waals surface area (Å²) in [5, 5.41) is 1.45. The Morgan fingerprint density at radius 1 is 0.889 bits per heavy atom. The smallest absolute Gasteiger partial charge is 0.192 e. The molecule has 2 aromatic rings. The van der Waals surface area contributed by atoms with Gasteiger partial charge in [-0.25, -0.2) is 0 Å². The van der Waals surface area contributed by atoms with Crippen molar-refractivity contribution in [3.63, 3.8) is 0 Å². The molecule has 0 amide bonds. The number of ether oxygens (including phenoxy) is 2. The molecule has 0 aromatic heterocycles. The van der Waals surface area contributed by atoms with E-state index in [1.54, 1.807) is 12.1 Å². The van der Waals surface area contributed by atoms with Gasteiger partial charge in [0.25, 0.3) is 0 Å². The Balaban J connectivity index is 0.000000199. The fourth-order valence-corrected chi connectivity index (χ4v) is 3.29. The second-order valence-electron chi connectivity index (χ2n) is 5.91. The Morgan fingerprint density at radius 2 is 1.26 bits per heavy atom. The van der Waals surface area contributed by atoms with Gasteiger partial charge in [0.05, 0.1) is 44.7 Å². The summed E-state index contributed by atoms with van der Waals surface area (Å²) in [6.45, 7) is 4.41. The normalized spacial score (nSPS) is 15.2. The molecule has 1 aliphatic rings. The topological polar surface area (TPSA) is 87.6 Å². The highest BCUT2D eigenvalue weighted by molar-refractivity contribution is 6.39. The summed E-state index contributed by atoms with van der Waals surface area (Å²) in [5.74, 6) is -0.847. The molecular weight excluding hydrogens is 434 g/mol. The van der Waals surface area contributed by atoms with Crippen LogP contribution in [0.1, 0.15) is 29.8 Å². The van der Waals surface area contributed by atoms with Gasteiger partial charge in [-0.05, 0) is 38.1 Å². The number of nitrogen functional groups attached to an aromatic ring is 2. The molecule has 1 fully saturated rings. The maximum atomic E-state index is 10.9. The zero-order valence-corrected chi connectivity index (χ0v) is 17.6. The number of rotatable bonds is 2. The number of nitrogens with two attached hydrogens (primary N) is 2. The average molecular weight is 452 g/mol. The van der Waals surface area contributed by atoms with Gasteiger partial charge < -0.3 is 20.9 Å². The van der Waals surface area contributed by atoms with E-state index in [1.165, 1.54) is 19.1 Å². The second-order valence-corrected chi connectivity index (χ2v) is 7.53. The number of anilines is 2. The number of hydrogen-bond acceptors (Lipinski definition) is 5. The number of carbonyl (C=O) groups is 1. The van der Waals surface area contributed by atoms with Crippen molar-refractivity contribution in [2.24, 2.45) is 0 Å².